The lowest BCUT2D eigenvalue weighted by Gasteiger charge is -2.26. The van der Waals surface area contributed by atoms with Gasteiger partial charge in [0.15, 0.2) is 0 Å². The summed E-state index contributed by atoms with van der Waals surface area (Å²) in [5.74, 6) is -0.374. The summed E-state index contributed by atoms with van der Waals surface area (Å²) in [6, 6.07) is 7.77. The van der Waals surface area contributed by atoms with E-state index in [0.717, 1.165) is 81.4 Å². The van der Waals surface area contributed by atoms with E-state index < -0.39 is 17.8 Å². The van der Waals surface area contributed by atoms with Gasteiger partial charge < -0.3 is 19.9 Å². The second-order valence-corrected chi connectivity index (χ2v) is 10.4. The number of carbonyl (C=O) groups is 1. The SMILES string of the molecule is CCCCCOCc1ccc(F)cc1[C@H](C(=O)O)N1CC[C@@H](OCCCCc2ccc3c(n2)NCCC3)C1. The molecule has 4 rings (SSSR count). The zero-order valence-corrected chi connectivity index (χ0v) is 22.6. The average molecular weight is 528 g/mol. The molecule has 3 heterocycles. The van der Waals surface area contributed by atoms with Gasteiger partial charge in [-0.2, -0.15) is 0 Å². The largest absolute Gasteiger partial charge is 0.480 e. The Labute approximate surface area is 225 Å². The van der Waals surface area contributed by atoms with Gasteiger partial charge in [0.1, 0.15) is 17.7 Å². The smallest absolute Gasteiger partial charge is 0.325 e. The van der Waals surface area contributed by atoms with E-state index in [1.165, 1.54) is 17.7 Å². The number of rotatable bonds is 15. The molecule has 0 radical (unpaired) electrons. The summed E-state index contributed by atoms with van der Waals surface area (Å²) >= 11 is 0. The fraction of sp³-hybridized carbons (Fsp3) is 0.600. The zero-order valence-electron chi connectivity index (χ0n) is 22.6. The van der Waals surface area contributed by atoms with E-state index in [0.29, 0.717) is 31.9 Å². The Morgan fingerprint density at radius 2 is 2.08 bits per heavy atom. The number of hydrogen-bond donors (Lipinski definition) is 2. The van der Waals surface area contributed by atoms with Crippen molar-refractivity contribution in [2.45, 2.75) is 83.5 Å². The number of likely N-dealkylation sites (tertiary alicyclic amines) is 1. The number of hydrogen-bond acceptors (Lipinski definition) is 6. The molecule has 0 spiro atoms. The molecule has 208 valence electrons. The molecule has 0 saturated carbocycles. The molecule has 7 nitrogen and oxygen atoms in total. The number of carboxylic acids is 1. The van der Waals surface area contributed by atoms with Crippen molar-refractivity contribution in [2.24, 2.45) is 0 Å². The van der Waals surface area contributed by atoms with E-state index in [9.17, 15) is 14.3 Å². The summed E-state index contributed by atoms with van der Waals surface area (Å²) in [7, 11) is 0. The number of nitrogens with one attached hydrogen (secondary N) is 1. The third kappa shape index (κ3) is 7.98. The van der Waals surface area contributed by atoms with Gasteiger partial charge in [-0.05, 0) is 79.8 Å². The molecule has 2 N–H and O–H groups in total. The van der Waals surface area contributed by atoms with Crippen LogP contribution >= 0.6 is 0 Å². The molecule has 1 aromatic carbocycles. The van der Waals surface area contributed by atoms with Crippen LogP contribution < -0.4 is 5.32 Å². The lowest BCUT2D eigenvalue weighted by molar-refractivity contribution is -0.143. The maximum Gasteiger partial charge on any atom is 0.325 e. The molecule has 0 unspecified atom stereocenters. The highest BCUT2D eigenvalue weighted by atomic mass is 19.1. The first-order valence-corrected chi connectivity index (χ1v) is 14.2. The van der Waals surface area contributed by atoms with E-state index in [1.807, 2.05) is 4.90 Å². The van der Waals surface area contributed by atoms with Crippen molar-refractivity contribution in [1.82, 2.24) is 9.88 Å². The number of anilines is 1. The van der Waals surface area contributed by atoms with Crippen LogP contribution in [0.4, 0.5) is 10.2 Å². The van der Waals surface area contributed by atoms with Crippen molar-refractivity contribution in [3.63, 3.8) is 0 Å². The second-order valence-electron chi connectivity index (χ2n) is 10.4. The van der Waals surface area contributed by atoms with Gasteiger partial charge in [-0.25, -0.2) is 9.37 Å². The number of nitrogens with zero attached hydrogens (tertiary/aromatic N) is 2. The fourth-order valence-corrected chi connectivity index (χ4v) is 5.36. The summed E-state index contributed by atoms with van der Waals surface area (Å²) in [6.07, 6.45) is 8.98. The minimum Gasteiger partial charge on any atom is -0.480 e. The number of fused-ring (bicyclic) bond motifs is 1. The maximum absolute atomic E-state index is 14.2. The Morgan fingerprint density at radius 3 is 2.92 bits per heavy atom. The fourth-order valence-electron chi connectivity index (χ4n) is 5.36. The van der Waals surface area contributed by atoms with Crippen molar-refractivity contribution in [1.29, 1.82) is 0 Å². The first-order chi connectivity index (χ1) is 18.5. The van der Waals surface area contributed by atoms with E-state index in [1.54, 1.807) is 6.07 Å². The van der Waals surface area contributed by atoms with E-state index in [-0.39, 0.29) is 12.7 Å². The highest BCUT2D eigenvalue weighted by Gasteiger charge is 2.35. The van der Waals surface area contributed by atoms with Gasteiger partial charge in [0.25, 0.3) is 0 Å². The number of unbranched alkanes of at least 4 members (excludes halogenated alkanes) is 3. The number of aryl methyl sites for hydroxylation is 2. The van der Waals surface area contributed by atoms with E-state index >= 15 is 0 Å². The summed E-state index contributed by atoms with van der Waals surface area (Å²) in [4.78, 5) is 19.0. The second kappa shape index (κ2) is 14.6. The molecule has 2 aromatic rings. The molecule has 2 atom stereocenters. The molecule has 1 fully saturated rings. The lowest BCUT2D eigenvalue weighted by Crippen LogP contribution is -2.34. The van der Waals surface area contributed by atoms with E-state index in [4.69, 9.17) is 14.5 Å². The van der Waals surface area contributed by atoms with Crippen molar-refractivity contribution in [2.75, 3.05) is 38.2 Å². The highest BCUT2D eigenvalue weighted by molar-refractivity contribution is 5.76. The minimum absolute atomic E-state index is 0.0229. The van der Waals surface area contributed by atoms with Gasteiger partial charge in [0, 0.05) is 38.5 Å². The maximum atomic E-state index is 14.2. The van der Waals surface area contributed by atoms with Crippen LogP contribution in [-0.2, 0) is 33.7 Å². The van der Waals surface area contributed by atoms with Crippen molar-refractivity contribution < 1.29 is 23.8 Å². The molecule has 0 bridgehead atoms. The third-order valence-electron chi connectivity index (χ3n) is 7.46. The molecule has 8 heteroatoms. The standard InChI is InChI=1S/C30H42FN3O4/c1-2-3-5-17-37-21-23-10-12-24(31)19-27(23)28(30(35)36)34-16-14-26(20-34)38-18-6-4-9-25-13-11-22-8-7-15-32-29(22)33-25/h10-13,19,26,28H,2-9,14-18,20-21H2,1H3,(H,32,33)(H,35,36)/t26-,28-/m1/s1. The van der Waals surface area contributed by atoms with Gasteiger partial charge in [-0.3, -0.25) is 9.69 Å². The van der Waals surface area contributed by atoms with Gasteiger partial charge in [0.05, 0.1) is 12.7 Å². The van der Waals surface area contributed by atoms with Crippen LogP contribution in [0.25, 0.3) is 0 Å². The van der Waals surface area contributed by atoms with Crippen LogP contribution in [0.15, 0.2) is 30.3 Å². The van der Waals surface area contributed by atoms with Gasteiger partial charge in [-0.15, -0.1) is 0 Å². The molecular weight excluding hydrogens is 485 g/mol. The molecule has 2 aliphatic heterocycles. The number of halogens is 1. The molecule has 0 amide bonds. The molecule has 38 heavy (non-hydrogen) atoms. The number of aliphatic carboxylic acids is 1. The Bertz CT molecular complexity index is 1050. The van der Waals surface area contributed by atoms with Crippen molar-refractivity contribution in [3.05, 3.63) is 58.5 Å². The molecular formula is C30H42FN3O4. The van der Waals surface area contributed by atoms with Gasteiger partial charge in [-0.1, -0.05) is 31.9 Å². The topological polar surface area (TPSA) is 83.9 Å². The zero-order chi connectivity index (χ0) is 26.7. The predicted octanol–water partition coefficient (Wildman–Crippen LogP) is 5.53. The first-order valence-electron chi connectivity index (χ1n) is 14.2. The number of ether oxygens (including phenoxy) is 2. The lowest BCUT2D eigenvalue weighted by atomic mass is 9.99. The third-order valence-corrected chi connectivity index (χ3v) is 7.46. The molecule has 1 saturated heterocycles. The highest BCUT2D eigenvalue weighted by Crippen LogP contribution is 2.30. The van der Waals surface area contributed by atoms with Crippen LogP contribution in [0.2, 0.25) is 0 Å². The van der Waals surface area contributed by atoms with Crippen molar-refractivity contribution >= 4 is 11.8 Å². The molecule has 2 aliphatic rings. The van der Waals surface area contributed by atoms with Crippen LogP contribution in [-0.4, -0.2) is 59.9 Å². The number of aromatic nitrogens is 1. The van der Waals surface area contributed by atoms with Crippen molar-refractivity contribution in [3.8, 4) is 0 Å². The Kier molecular flexibility index (Phi) is 10.9. The number of pyridine rings is 1. The summed E-state index contributed by atoms with van der Waals surface area (Å²) in [5, 5.41) is 13.5. The van der Waals surface area contributed by atoms with Crippen LogP contribution in [0.1, 0.15) is 80.3 Å². The number of benzene rings is 1. The van der Waals surface area contributed by atoms with E-state index in [2.05, 4.69) is 24.4 Å². The quantitative estimate of drug-likeness (QED) is 0.295. The van der Waals surface area contributed by atoms with Crippen LogP contribution in [0.3, 0.4) is 0 Å². The molecule has 0 aliphatic carbocycles. The Morgan fingerprint density at radius 1 is 1.21 bits per heavy atom. The normalized spacial score (nSPS) is 18.2. The van der Waals surface area contributed by atoms with Crippen LogP contribution in [0, 0.1) is 5.82 Å². The minimum atomic E-state index is -0.976. The summed E-state index contributed by atoms with van der Waals surface area (Å²) < 4.78 is 26.1. The van der Waals surface area contributed by atoms with Crippen LogP contribution in [0.5, 0.6) is 0 Å². The number of carboxylic acid groups (broad SMARTS) is 1. The summed E-state index contributed by atoms with van der Waals surface area (Å²) in [6.45, 7) is 5.77. The Balaban J connectivity index is 1.25. The Hall–Kier alpha value is -2.55. The summed E-state index contributed by atoms with van der Waals surface area (Å²) in [5.41, 5.74) is 3.61. The monoisotopic (exact) mass is 527 g/mol. The van der Waals surface area contributed by atoms with Gasteiger partial charge in [0.2, 0.25) is 0 Å². The first kappa shape index (κ1) is 28.5. The predicted molar refractivity (Wildman–Crippen MR) is 146 cm³/mol. The average Bonchev–Trinajstić information content (AvgIpc) is 3.37. The molecule has 1 aromatic heterocycles. The van der Waals surface area contributed by atoms with Gasteiger partial charge >= 0.3 is 5.97 Å².